The van der Waals surface area contributed by atoms with Crippen molar-refractivity contribution in [1.82, 2.24) is 10.6 Å². The highest BCUT2D eigenvalue weighted by atomic mass is 16.5. The van der Waals surface area contributed by atoms with Crippen LogP contribution in [0.2, 0.25) is 0 Å². The molecule has 8 heteroatoms. The van der Waals surface area contributed by atoms with E-state index in [2.05, 4.69) is 10.6 Å². The molecular formula is C28H28N2O6. The van der Waals surface area contributed by atoms with Crippen molar-refractivity contribution in [2.24, 2.45) is 0 Å². The standard InChI is InChI=1S/C28H28N2O6/c31-15-14-25(27(33)29-16-26(32)35-17-19-8-2-1-3-9-19)30-28(34)36-18-24-22-12-6-4-10-20(22)21-11-5-7-13-23(21)24/h1-13,24-25,31H,14-18H2,(H,29,33)(H,30,34). The Kier molecular flexibility index (Phi) is 8.31. The van der Waals surface area contributed by atoms with E-state index < -0.39 is 24.0 Å². The van der Waals surface area contributed by atoms with E-state index >= 15 is 0 Å². The lowest BCUT2D eigenvalue weighted by molar-refractivity contribution is -0.145. The van der Waals surface area contributed by atoms with Gasteiger partial charge in [0.1, 0.15) is 25.8 Å². The lowest BCUT2D eigenvalue weighted by Gasteiger charge is -2.19. The van der Waals surface area contributed by atoms with Crippen molar-refractivity contribution in [2.75, 3.05) is 19.8 Å². The first-order valence-electron chi connectivity index (χ1n) is 11.8. The summed E-state index contributed by atoms with van der Waals surface area (Å²) < 4.78 is 10.6. The maximum absolute atomic E-state index is 12.5. The molecule has 8 nitrogen and oxygen atoms in total. The third-order valence-corrected chi connectivity index (χ3v) is 6.02. The molecule has 0 fully saturated rings. The van der Waals surface area contributed by atoms with E-state index in [0.29, 0.717) is 0 Å². The van der Waals surface area contributed by atoms with Crippen LogP contribution in [0.3, 0.4) is 0 Å². The summed E-state index contributed by atoms with van der Waals surface area (Å²) in [7, 11) is 0. The average molecular weight is 489 g/mol. The fourth-order valence-electron chi connectivity index (χ4n) is 4.25. The van der Waals surface area contributed by atoms with E-state index in [9.17, 15) is 19.5 Å². The number of amides is 2. The van der Waals surface area contributed by atoms with Gasteiger partial charge in [-0.15, -0.1) is 0 Å². The molecule has 1 atom stereocenters. The molecule has 1 aliphatic rings. The van der Waals surface area contributed by atoms with Gasteiger partial charge >= 0.3 is 12.1 Å². The van der Waals surface area contributed by atoms with Crippen LogP contribution in [-0.4, -0.2) is 48.9 Å². The lowest BCUT2D eigenvalue weighted by atomic mass is 9.98. The van der Waals surface area contributed by atoms with Gasteiger partial charge in [0, 0.05) is 12.5 Å². The Morgan fingerprint density at radius 1 is 0.833 bits per heavy atom. The molecule has 3 aromatic rings. The fraction of sp³-hybridized carbons (Fsp3) is 0.250. The maximum atomic E-state index is 12.5. The molecule has 3 N–H and O–H groups in total. The van der Waals surface area contributed by atoms with Crippen LogP contribution in [0.5, 0.6) is 0 Å². The first-order valence-corrected chi connectivity index (χ1v) is 11.8. The van der Waals surface area contributed by atoms with E-state index in [0.717, 1.165) is 27.8 Å². The number of aliphatic hydroxyl groups is 1. The Hall–Kier alpha value is -4.17. The third-order valence-electron chi connectivity index (χ3n) is 6.02. The zero-order valence-electron chi connectivity index (χ0n) is 19.7. The largest absolute Gasteiger partial charge is 0.460 e. The van der Waals surface area contributed by atoms with Crippen LogP contribution in [0.25, 0.3) is 11.1 Å². The number of alkyl carbamates (subject to hydrolysis) is 1. The predicted octanol–water partition coefficient (Wildman–Crippen LogP) is 3.14. The summed E-state index contributed by atoms with van der Waals surface area (Å²) in [6, 6.07) is 24.1. The van der Waals surface area contributed by atoms with Crippen molar-refractivity contribution in [3.63, 3.8) is 0 Å². The van der Waals surface area contributed by atoms with Crippen LogP contribution >= 0.6 is 0 Å². The second-order valence-corrected chi connectivity index (χ2v) is 8.40. The highest BCUT2D eigenvalue weighted by Crippen LogP contribution is 2.44. The van der Waals surface area contributed by atoms with Gasteiger partial charge < -0.3 is 25.2 Å². The number of rotatable bonds is 10. The lowest BCUT2D eigenvalue weighted by Crippen LogP contribution is -2.48. The Labute approximate surface area is 209 Å². The molecule has 0 spiro atoms. The molecule has 1 unspecified atom stereocenters. The normalized spacial score (nSPS) is 12.7. The third kappa shape index (κ3) is 6.09. The van der Waals surface area contributed by atoms with Crippen LogP contribution in [0, 0.1) is 0 Å². The average Bonchev–Trinajstić information content (AvgIpc) is 3.23. The summed E-state index contributed by atoms with van der Waals surface area (Å²) in [6.45, 7) is -0.507. The van der Waals surface area contributed by atoms with Gasteiger partial charge in [-0.1, -0.05) is 78.9 Å². The summed E-state index contributed by atoms with van der Waals surface area (Å²) >= 11 is 0. The molecule has 3 aromatic carbocycles. The smallest absolute Gasteiger partial charge is 0.407 e. The number of aliphatic hydroxyl groups excluding tert-OH is 1. The van der Waals surface area contributed by atoms with Crippen LogP contribution < -0.4 is 10.6 Å². The highest BCUT2D eigenvalue weighted by molar-refractivity contribution is 5.88. The number of fused-ring (bicyclic) bond motifs is 3. The van der Waals surface area contributed by atoms with Crippen LogP contribution in [0.15, 0.2) is 78.9 Å². The minimum Gasteiger partial charge on any atom is -0.460 e. The summed E-state index contributed by atoms with van der Waals surface area (Å²) in [6.07, 6.45) is -0.813. The quantitative estimate of drug-likeness (QED) is 0.378. The van der Waals surface area contributed by atoms with Crippen molar-refractivity contribution in [3.8, 4) is 11.1 Å². The Morgan fingerprint density at radius 2 is 1.44 bits per heavy atom. The second-order valence-electron chi connectivity index (χ2n) is 8.40. The van der Waals surface area contributed by atoms with Crippen LogP contribution in [0.4, 0.5) is 4.79 Å². The van der Waals surface area contributed by atoms with E-state index in [1.165, 1.54) is 0 Å². The number of hydrogen-bond acceptors (Lipinski definition) is 6. The molecule has 0 saturated heterocycles. The topological polar surface area (TPSA) is 114 Å². The second kappa shape index (κ2) is 12.0. The van der Waals surface area contributed by atoms with Crippen molar-refractivity contribution >= 4 is 18.0 Å². The number of benzene rings is 3. The molecule has 36 heavy (non-hydrogen) atoms. The summed E-state index contributed by atoms with van der Waals surface area (Å²) in [5.41, 5.74) is 5.19. The molecule has 0 heterocycles. The molecular weight excluding hydrogens is 460 g/mol. The maximum Gasteiger partial charge on any atom is 0.407 e. The van der Waals surface area contributed by atoms with Crippen LogP contribution in [-0.2, 0) is 25.7 Å². The minimum atomic E-state index is -1.06. The van der Waals surface area contributed by atoms with E-state index in [-0.39, 0.29) is 38.7 Å². The first kappa shape index (κ1) is 24.9. The molecule has 186 valence electrons. The van der Waals surface area contributed by atoms with Crippen LogP contribution in [0.1, 0.15) is 29.0 Å². The molecule has 0 aliphatic heterocycles. The van der Waals surface area contributed by atoms with E-state index in [4.69, 9.17) is 9.47 Å². The summed E-state index contributed by atoms with van der Waals surface area (Å²) in [5.74, 6) is -1.35. The van der Waals surface area contributed by atoms with Crippen molar-refractivity contribution in [3.05, 3.63) is 95.6 Å². The number of carbonyl (C=O) groups is 3. The van der Waals surface area contributed by atoms with E-state index in [1.807, 2.05) is 78.9 Å². The fourth-order valence-corrected chi connectivity index (χ4v) is 4.25. The predicted molar refractivity (Wildman–Crippen MR) is 133 cm³/mol. The zero-order chi connectivity index (χ0) is 25.3. The minimum absolute atomic E-state index is 0.0326. The number of esters is 1. The number of nitrogens with one attached hydrogen (secondary N) is 2. The van der Waals surface area contributed by atoms with Gasteiger partial charge in [-0.3, -0.25) is 9.59 Å². The number of hydrogen-bond donors (Lipinski definition) is 3. The monoisotopic (exact) mass is 488 g/mol. The molecule has 4 rings (SSSR count). The molecule has 2 amide bonds. The summed E-state index contributed by atoms with van der Waals surface area (Å²) in [5, 5.41) is 14.3. The Balaban J connectivity index is 1.28. The molecule has 1 aliphatic carbocycles. The Morgan fingerprint density at radius 3 is 2.08 bits per heavy atom. The van der Waals surface area contributed by atoms with Gasteiger partial charge in [0.15, 0.2) is 0 Å². The first-order chi connectivity index (χ1) is 17.6. The molecule has 0 radical (unpaired) electrons. The molecule has 0 aromatic heterocycles. The van der Waals surface area contributed by atoms with Crippen molar-refractivity contribution < 1.29 is 29.0 Å². The van der Waals surface area contributed by atoms with Crippen molar-refractivity contribution in [1.29, 1.82) is 0 Å². The Bertz CT molecular complexity index is 1170. The van der Waals surface area contributed by atoms with Crippen molar-refractivity contribution in [2.45, 2.75) is 25.0 Å². The SMILES string of the molecule is O=C(CNC(=O)C(CCO)NC(=O)OCC1c2ccccc2-c2ccccc21)OCc1ccccc1. The summed E-state index contributed by atoms with van der Waals surface area (Å²) in [4.78, 5) is 37.0. The van der Waals surface area contributed by atoms with E-state index in [1.54, 1.807) is 0 Å². The highest BCUT2D eigenvalue weighted by Gasteiger charge is 2.29. The molecule has 0 bridgehead atoms. The van der Waals surface area contributed by atoms with Gasteiger partial charge in [-0.05, 0) is 34.2 Å². The van der Waals surface area contributed by atoms with Gasteiger partial charge in [-0.2, -0.15) is 0 Å². The number of carbonyl (C=O) groups excluding carboxylic acids is 3. The van der Waals surface area contributed by atoms with Gasteiger partial charge in [-0.25, -0.2) is 4.79 Å². The van der Waals surface area contributed by atoms with Gasteiger partial charge in [0.05, 0.1) is 0 Å². The number of ether oxygens (including phenoxy) is 2. The van der Waals surface area contributed by atoms with Gasteiger partial charge in [0.2, 0.25) is 5.91 Å². The van der Waals surface area contributed by atoms with Gasteiger partial charge in [0.25, 0.3) is 0 Å². The zero-order valence-corrected chi connectivity index (χ0v) is 19.7. The molecule has 0 saturated carbocycles.